The summed E-state index contributed by atoms with van der Waals surface area (Å²) in [6.07, 6.45) is 6.47. The van der Waals surface area contributed by atoms with E-state index in [9.17, 15) is 24.0 Å². The Morgan fingerprint density at radius 1 is 1.15 bits per heavy atom. The molecule has 0 radical (unpaired) electrons. The van der Waals surface area contributed by atoms with Crippen LogP contribution in [0.5, 0.6) is 0 Å². The van der Waals surface area contributed by atoms with E-state index < -0.39 is 11.8 Å². The van der Waals surface area contributed by atoms with Gasteiger partial charge in [0.25, 0.3) is 11.8 Å². The zero-order valence-electron chi connectivity index (χ0n) is 16.5. The highest BCUT2D eigenvalue weighted by atomic mass is 16.2. The summed E-state index contributed by atoms with van der Waals surface area (Å²) in [5.41, 5.74) is 0. The second-order valence-electron chi connectivity index (χ2n) is 6.29. The van der Waals surface area contributed by atoms with Crippen LogP contribution in [0.2, 0.25) is 0 Å². The zero-order valence-corrected chi connectivity index (χ0v) is 16.5. The second kappa shape index (κ2) is 14.8. The first-order valence-corrected chi connectivity index (χ1v) is 9.34. The second-order valence-corrected chi connectivity index (χ2v) is 6.29. The van der Waals surface area contributed by atoms with Crippen molar-refractivity contribution in [3.8, 4) is 0 Å². The van der Waals surface area contributed by atoms with Gasteiger partial charge in [-0.25, -0.2) is 0 Å². The molecule has 0 bridgehead atoms. The standard InChI is InChI=1S/C16H23N3O5.C3H8/c1-12(21)10-18-13(11-20)4-2-3-8-17-14(22)7-9-19-15(23)5-6-16(19)24;1-3-2/h5-6,11,13,18H,2-4,7-10H2,1H3,(H,17,22);3H2,1-2H3. The van der Waals surface area contributed by atoms with E-state index in [1.165, 1.54) is 25.5 Å². The Morgan fingerprint density at radius 3 is 2.26 bits per heavy atom. The number of imide groups is 1. The third-order valence-electron chi connectivity index (χ3n) is 3.50. The van der Waals surface area contributed by atoms with Crippen molar-refractivity contribution in [3.05, 3.63) is 12.2 Å². The molecule has 1 unspecified atom stereocenters. The van der Waals surface area contributed by atoms with Crippen LogP contribution < -0.4 is 10.6 Å². The lowest BCUT2D eigenvalue weighted by atomic mass is 10.1. The molecule has 27 heavy (non-hydrogen) atoms. The number of ketones is 1. The molecule has 0 saturated heterocycles. The summed E-state index contributed by atoms with van der Waals surface area (Å²) >= 11 is 0. The maximum atomic E-state index is 11.7. The molecule has 1 aliphatic heterocycles. The van der Waals surface area contributed by atoms with Crippen molar-refractivity contribution >= 4 is 29.8 Å². The number of unbranched alkanes of at least 4 members (excludes halogenated alkanes) is 1. The smallest absolute Gasteiger partial charge is 0.253 e. The first-order chi connectivity index (χ1) is 12.8. The Kier molecular flexibility index (Phi) is 13.5. The number of amides is 3. The van der Waals surface area contributed by atoms with Crippen LogP contribution in [0, 0.1) is 0 Å². The number of carbonyl (C=O) groups excluding carboxylic acids is 5. The fourth-order valence-corrected chi connectivity index (χ4v) is 2.16. The summed E-state index contributed by atoms with van der Waals surface area (Å²) < 4.78 is 0. The normalized spacial score (nSPS) is 13.8. The minimum absolute atomic E-state index is 0.0284. The summed E-state index contributed by atoms with van der Waals surface area (Å²) in [6, 6.07) is -0.357. The van der Waals surface area contributed by atoms with E-state index in [0.717, 1.165) is 17.6 Å². The van der Waals surface area contributed by atoms with Crippen molar-refractivity contribution in [2.75, 3.05) is 19.6 Å². The number of hydrogen-bond donors (Lipinski definition) is 2. The van der Waals surface area contributed by atoms with Crippen molar-refractivity contribution in [2.24, 2.45) is 0 Å². The van der Waals surface area contributed by atoms with Gasteiger partial charge in [-0.2, -0.15) is 0 Å². The van der Waals surface area contributed by atoms with E-state index in [2.05, 4.69) is 24.5 Å². The molecule has 0 aromatic carbocycles. The van der Waals surface area contributed by atoms with Gasteiger partial charge in [-0.1, -0.05) is 20.3 Å². The monoisotopic (exact) mass is 381 g/mol. The quantitative estimate of drug-likeness (QED) is 0.293. The van der Waals surface area contributed by atoms with Crippen LogP contribution in [0.1, 0.15) is 52.9 Å². The summed E-state index contributed by atoms with van der Waals surface area (Å²) in [5.74, 6) is -1.06. The van der Waals surface area contributed by atoms with Crippen LogP contribution in [0.15, 0.2) is 12.2 Å². The van der Waals surface area contributed by atoms with Crippen molar-refractivity contribution < 1.29 is 24.0 Å². The molecule has 8 nitrogen and oxygen atoms in total. The number of Topliss-reactive ketones (excluding diaryl/α,β-unsaturated/α-hetero) is 1. The highest BCUT2D eigenvalue weighted by Gasteiger charge is 2.23. The Hall–Kier alpha value is -2.35. The van der Waals surface area contributed by atoms with E-state index >= 15 is 0 Å². The molecule has 0 aliphatic carbocycles. The average Bonchev–Trinajstić information content (AvgIpc) is 2.94. The Balaban J connectivity index is 0.00000210. The fourth-order valence-electron chi connectivity index (χ4n) is 2.16. The van der Waals surface area contributed by atoms with Crippen LogP contribution in [0.25, 0.3) is 0 Å². The molecule has 1 rings (SSSR count). The molecule has 0 fully saturated rings. The van der Waals surface area contributed by atoms with Gasteiger partial charge in [0.2, 0.25) is 5.91 Å². The summed E-state index contributed by atoms with van der Waals surface area (Å²) in [5, 5.41) is 5.55. The van der Waals surface area contributed by atoms with E-state index in [1.807, 2.05) is 0 Å². The van der Waals surface area contributed by atoms with Gasteiger partial charge in [0, 0.05) is 31.7 Å². The van der Waals surface area contributed by atoms with Crippen LogP contribution in [0.4, 0.5) is 0 Å². The Labute approximate surface area is 160 Å². The van der Waals surface area contributed by atoms with Crippen molar-refractivity contribution in [2.45, 2.75) is 58.9 Å². The minimum Gasteiger partial charge on any atom is -0.356 e. The number of carbonyl (C=O) groups is 5. The summed E-state index contributed by atoms with van der Waals surface area (Å²) in [7, 11) is 0. The molecule has 1 heterocycles. The molecule has 1 aliphatic rings. The molecule has 1 atom stereocenters. The highest BCUT2D eigenvalue weighted by molar-refractivity contribution is 6.13. The number of rotatable bonds is 12. The summed E-state index contributed by atoms with van der Waals surface area (Å²) in [6.45, 7) is 6.39. The van der Waals surface area contributed by atoms with Gasteiger partial charge in [-0.3, -0.25) is 24.1 Å². The zero-order chi connectivity index (χ0) is 20.7. The molecule has 3 amide bonds. The lowest BCUT2D eigenvalue weighted by Gasteiger charge is -2.13. The maximum absolute atomic E-state index is 11.7. The van der Waals surface area contributed by atoms with Crippen LogP contribution in [0.3, 0.4) is 0 Å². The van der Waals surface area contributed by atoms with E-state index in [4.69, 9.17) is 0 Å². The lowest BCUT2D eigenvalue weighted by molar-refractivity contribution is -0.137. The van der Waals surface area contributed by atoms with Gasteiger partial charge < -0.3 is 15.4 Å². The molecular formula is C19H31N3O5. The maximum Gasteiger partial charge on any atom is 0.253 e. The topological polar surface area (TPSA) is 113 Å². The largest absolute Gasteiger partial charge is 0.356 e. The molecule has 0 saturated carbocycles. The molecule has 0 aromatic rings. The minimum atomic E-state index is -0.397. The summed E-state index contributed by atoms with van der Waals surface area (Å²) in [4.78, 5) is 57.0. The van der Waals surface area contributed by atoms with Gasteiger partial charge in [-0.15, -0.1) is 0 Å². The van der Waals surface area contributed by atoms with Gasteiger partial charge >= 0.3 is 0 Å². The van der Waals surface area contributed by atoms with Gasteiger partial charge in [0.15, 0.2) is 0 Å². The number of nitrogens with one attached hydrogen (secondary N) is 2. The molecule has 2 N–H and O–H groups in total. The molecular weight excluding hydrogens is 350 g/mol. The molecule has 8 heteroatoms. The average molecular weight is 381 g/mol. The fraction of sp³-hybridized carbons (Fsp3) is 0.632. The predicted molar refractivity (Wildman–Crippen MR) is 102 cm³/mol. The van der Waals surface area contributed by atoms with Gasteiger partial charge in [-0.05, 0) is 26.2 Å². The predicted octanol–water partition coefficient (Wildman–Crippen LogP) is 0.750. The first kappa shape index (κ1) is 24.7. The number of hydrogen-bond acceptors (Lipinski definition) is 6. The van der Waals surface area contributed by atoms with Crippen molar-refractivity contribution in [3.63, 3.8) is 0 Å². The van der Waals surface area contributed by atoms with E-state index in [-0.39, 0.29) is 37.2 Å². The molecule has 0 spiro atoms. The third-order valence-corrected chi connectivity index (χ3v) is 3.50. The van der Waals surface area contributed by atoms with Crippen LogP contribution >= 0.6 is 0 Å². The van der Waals surface area contributed by atoms with Crippen LogP contribution in [-0.2, 0) is 24.0 Å². The lowest BCUT2D eigenvalue weighted by Crippen LogP contribution is -2.35. The van der Waals surface area contributed by atoms with Crippen LogP contribution in [-0.4, -0.2) is 60.4 Å². The van der Waals surface area contributed by atoms with Crippen molar-refractivity contribution in [1.29, 1.82) is 0 Å². The van der Waals surface area contributed by atoms with Gasteiger partial charge in [0.1, 0.15) is 12.1 Å². The first-order valence-electron chi connectivity index (χ1n) is 9.34. The third kappa shape index (κ3) is 11.8. The van der Waals surface area contributed by atoms with Gasteiger partial charge in [0.05, 0.1) is 12.6 Å². The highest BCUT2D eigenvalue weighted by Crippen LogP contribution is 2.04. The Bertz CT molecular complexity index is 527. The SMILES string of the molecule is CC(=O)CNC(C=O)CCCCNC(=O)CCN1C(=O)C=CC1=O.CCC. The number of aldehydes is 1. The number of nitrogens with zero attached hydrogens (tertiary/aromatic N) is 1. The van der Waals surface area contributed by atoms with Crippen molar-refractivity contribution in [1.82, 2.24) is 15.5 Å². The molecule has 152 valence electrons. The Morgan fingerprint density at radius 2 is 1.74 bits per heavy atom. The van der Waals surface area contributed by atoms with E-state index in [1.54, 1.807) is 0 Å². The molecule has 0 aromatic heterocycles. The van der Waals surface area contributed by atoms with E-state index in [0.29, 0.717) is 19.4 Å².